The van der Waals surface area contributed by atoms with Gasteiger partial charge in [-0.05, 0) is 101 Å². The Kier molecular flexibility index (Phi) is 8.79. The fourth-order valence-corrected chi connectivity index (χ4v) is 10.4. The molecule has 4 heterocycles. The Morgan fingerprint density at radius 1 is 0.275 bits per heavy atom. The van der Waals surface area contributed by atoms with Crippen molar-refractivity contribution in [3.8, 4) is 67.8 Å². The zero-order chi connectivity index (χ0) is 45.4. The monoisotopic (exact) mass is 881 g/mol. The summed E-state index contributed by atoms with van der Waals surface area (Å²) in [6.45, 7) is 0. The lowest BCUT2D eigenvalue weighted by Gasteiger charge is -2.10. The second-order valence-electron chi connectivity index (χ2n) is 17.6. The number of hydrogen-bond acceptors (Lipinski definition) is 4. The smallest absolute Gasteiger partial charge is 0.164 e. The molecule has 0 aliphatic rings. The predicted octanol–water partition coefficient (Wildman–Crippen LogP) is 16.3. The predicted molar refractivity (Wildman–Crippen MR) is 283 cm³/mol. The molecule has 0 unspecified atom stereocenters. The minimum Gasteiger partial charge on any atom is -0.456 e. The van der Waals surface area contributed by atoms with Gasteiger partial charge in [-0.2, -0.15) is 0 Å². The molecule has 6 heteroatoms. The van der Waals surface area contributed by atoms with Gasteiger partial charge in [0.1, 0.15) is 11.2 Å². The summed E-state index contributed by atoms with van der Waals surface area (Å²) in [5, 5.41) is 6.77. The standard InChI is InChI=1S/C63H39N5O/c1-5-16-40(17-6-1)43-28-32-55-50(36-43)48-24-13-14-26-54(48)68(55)47-31-34-57-52(39-47)51-37-44(29-33-56(51)67(57)46-22-11-4-12-23-46)45-30-35-58-53(38-45)60-49(25-15-27-59(60)69-58)63-65-61(41-18-7-2-8-19-41)64-62(66-63)42-20-9-3-10-21-42/h1-39H. The Balaban J connectivity index is 0.949. The molecule has 0 aliphatic carbocycles. The van der Waals surface area contributed by atoms with Crippen molar-refractivity contribution in [2.75, 3.05) is 0 Å². The van der Waals surface area contributed by atoms with Crippen LogP contribution in [0.4, 0.5) is 0 Å². The molecule has 14 aromatic rings. The molecule has 10 aromatic carbocycles. The highest BCUT2D eigenvalue weighted by Gasteiger charge is 2.21. The van der Waals surface area contributed by atoms with Crippen LogP contribution in [0.25, 0.3) is 133 Å². The highest BCUT2D eigenvalue weighted by atomic mass is 16.3. The van der Waals surface area contributed by atoms with Crippen LogP contribution in [0.2, 0.25) is 0 Å². The molecular weight excluding hydrogens is 843 g/mol. The van der Waals surface area contributed by atoms with Gasteiger partial charge in [0, 0.05) is 60.4 Å². The molecule has 0 amide bonds. The number of rotatable bonds is 7. The van der Waals surface area contributed by atoms with Crippen molar-refractivity contribution >= 4 is 65.6 Å². The van der Waals surface area contributed by atoms with Crippen molar-refractivity contribution in [2.45, 2.75) is 0 Å². The largest absolute Gasteiger partial charge is 0.456 e. The van der Waals surface area contributed by atoms with Gasteiger partial charge in [0.15, 0.2) is 17.5 Å². The zero-order valence-corrected chi connectivity index (χ0v) is 37.2. The van der Waals surface area contributed by atoms with Gasteiger partial charge >= 0.3 is 0 Å². The van der Waals surface area contributed by atoms with E-state index in [0.29, 0.717) is 17.5 Å². The highest BCUT2D eigenvalue weighted by molar-refractivity contribution is 6.15. The molecule has 0 saturated heterocycles. The molecule has 4 aromatic heterocycles. The van der Waals surface area contributed by atoms with E-state index in [-0.39, 0.29) is 0 Å². The number of para-hydroxylation sites is 2. The quantitative estimate of drug-likeness (QED) is 0.160. The first-order valence-corrected chi connectivity index (χ1v) is 23.3. The Morgan fingerprint density at radius 3 is 1.42 bits per heavy atom. The fraction of sp³-hybridized carbons (Fsp3) is 0. The summed E-state index contributed by atoms with van der Waals surface area (Å²) in [6.07, 6.45) is 0. The lowest BCUT2D eigenvalue weighted by Crippen LogP contribution is -2.00. The van der Waals surface area contributed by atoms with E-state index in [1.807, 2.05) is 72.8 Å². The van der Waals surface area contributed by atoms with E-state index in [1.165, 1.54) is 43.7 Å². The van der Waals surface area contributed by atoms with E-state index in [1.54, 1.807) is 0 Å². The summed E-state index contributed by atoms with van der Waals surface area (Å²) in [5.74, 6) is 1.82. The Bertz CT molecular complexity index is 4230. The molecule has 322 valence electrons. The van der Waals surface area contributed by atoms with Crippen LogP contribution in [0, 0.1) is 0 Å². The third-order valence-electron chi connectivity index (χ3n) is 13.6. The van der Waals surface area contributed by atoms with Crippen LogP contribution in [-0.4, -0.2) is 24.1 Å². The van der Waals surface area contributed by atoms with Crippen LogP contribution in [-0.2, 0) is 0 Å². The topological polar surface area (TPSA) is 61.7 Å². The lowest BCUT2D eigenvalue weighted by molar-refractivity contribution is 0.669. The second kappa shape index (κ2) is 15.6. The SMILES string of the molecule is c1ccc(-c2ccc3c(c2)c2ccccc2n3-c2ccc3c(c2)c2cc(-c4ccc5oc6cccc(-c7nc(-c8ccccc8)nc(-c8ccccc8)n7)c6c5c4)ccc2n3-c2ccccc2)cc1. The Morgan fingerprint density at radius 2 is 0.754 bits per heavy atom. The van der Waals surface area contributed by atoms with Crippen molar-refractivity contribution in [3.05, 3.63) is 237 Å². The van der Waals surface area contributed by atoms with E-state index in [4.69, 9.17) is 19.4 Å². The summed E-state index contributed by atoms with van der Waals surface area (Å²) in [7, 11) is 0. The molecular formula is C63H39N5O. The average Bonchev–Trinajstić information content (AvgIpc) is 4.08. The summed E-state index contributed by atoms with van der Waals surface area (Å²) in [5.41, 5.74) is 15.8. The van der Waals surface area contributed by atoms with Gasteiger partial charge in [0.25, 0.3) is 0 Å². The third kappa shape index (κ3) is 6.38. The maximum Gasteiger partial charge on any atom is 0.164 e. The maximum atomic E-state index is 6.58. The van der Waals surface area contributed by atoms with Crippen LogP contribution in [0.3, 0.4) is 0 Å². The van der Waals surface area contributed by atoms with E-state index < -0.39 is 0 Å². The first kappa shape index (κ1) is 38.8. The van der Waals surface area contributed by atoms with Crippen molar-refractivity contribution in [2.24, 2.45) is 0 Å². The molecule has 0 bridgehead atoms. The van der Waals surface area contributed by atoms with Crippen LogP contribution in [0.5, 0.6) is 0 Å². The lowest BCUT2D eigenvalue weighted by atomic mass is 9.99. The molecule has 69 heavy (non-hydrogen) atoms. The summed E-state index contributed by atoms with van der Waals surface area (Å²) in [6, 6.07) is 83.5. The van der Waals surface area contributed by atoms with Gasteiger partial charge in [-0.25, -0.2) is 15.0 Å². The highest BCUT2D eigenvalue weighted by Crippen LogP contribution is 2.42. The number of aromatic nitrogens is 5. The fourth-order valence-electron chi connectivity index (χ4n) is 10.4. The summed E-state index contributed by atoms with van der Waals surface area (Å²) >= 11 is 0. The van der Waals surface area contributed by atoms with Crippen molar-refractivity contribution in [3.63, 3.8) is 0 Å². The molecule has 0 radical (unpaired) electrons. The van der Waals surface area contributed by atoms with E-state index in [2.05, 4.69) is 173 Å². The molecule has 14 rings (SSSR count). The van der Waals surface area contributed by atoms with Crippen molar-refractivity contribution in [1.29, 1.82) is 0 Å². The van der Waals surface area contributed by atoms with Crippen LogP contribution in [0.15, 0.2) is 241 Å². The van der Waals surface area contributed by atoms with Crippen LogP contribution in [0.1, 0.15) is 0 Å². The number of furan rings is 1. The van der Waals surface area contributed by atoms with Gasteiger partial charge in [0.05, 0.1) is 22.1 Å². The number of hydrogen-bond donors (Lipinski definition) is 0. The van der Waals surface area contributed by atoms with Gasteiger partial charge in [0.2, 0.25) is 0 Å². The molecule has 0 N–H and O–H groups in total. The van der Waals surface area contributed by atoms with Crippen LogP contribution >= 0.6 is 0 Å². The minimum atomic E-state index is 0.590. The second-order valence-corrected chi connectivity index (χ2v) is 17.6. The van der Waals surface area contributed by atoms with E-state index in [9.17, 15) is 0 Å². The van der Waals surface area contributed by atoms with Gasteiger partial charge < -0.3 is 13.6 Å². The molecule has 0 spiro atoms. The first-order valence-electron chi connectivity index (χ1n) is 23.3. The Hall–Kier alpha value is -9.39. The first-order chi connectivity index (χ1) is 34.2. The number of fused-ring (bicyclic) bond motifs is 9. The van der Waals surface area contributed by atoms with Crippen LogP contribution < -0.4 is 0 Å². The zero-order valence-electron chi connectivity index (χ0n) is 37.2. The number of benzene rings is 10. The Labute approximate surface area is 396 Å². The van der Waals surface area contributed by atoms with E-state index >= 15 is 0 Å². The van der Waals surface area contributed by atoms with Gasteiger partial charge in [-0.1, -0.05) is 158 Å². The number of nitrogens with zero attached hydrogens (tertiary/aromatic N) is 5. The third-order valence-corrected chi connectivity index (χ3v) is 13.6. The van der Waals surface area contributed by atoms with E-state index in [0.717, 1.165) is 72.2 Å². The molecule has 0 aliphatic heterocycles. The molecule has 0 fully saturated rings. The normalized spacial score (nSPS) is 11.8. The van der Waals surface area contributed by atoms with Crippen molar-refractivity contribution in [1.82, 2.24) is 24.1 Å². The average molecular weight is 882 g/mol. The van der Waals surface area contributed by atoms with Gasteiger partial charge in [-0.3, -0.25) is 0 Å². The summed E-state index contributed by atoms with van der Waals surface area (Å²) < 4.78 is 11.4. The minimum absolute atomic E-state index is 0.590. The summed E-state index contributed by atoms with van der Waals surface area (Å²) in [4.78, 5) is 15.2. The van der Waals surface area contributed by atoms with Crippen molar-refractivity contribution < 1.29 is 4.42 Å². The molecule has 0 atom stereocenters. The molecule has 6 nitrogen and oxygen atoms in total. The van der Waals surface area contributed by atoms with Gasteiger partial charge in [-0.15, -0.1) is 0 Å². The molecule has 0 saturated carbocycles. The maximum absolute atomic E-state index is 6.58.